The van der Waals surface area contributed by atoms with Crippen molar-refractivity contribution in [2.24, 2.45) is 0 Å². The Hall–Kier alpha value is -2.74. The molecule has 156 valence electrons. The number of aromatic nitrogens is 2. The van der Waals surface area contributed by atoms with E-state index in [4.69, 9.17) is 16.0 Å². The zero-order valence-electron chi connectivity index (χ0n) is 16.8. The highest BCUT2D eigenvalue weighted by Crippen LogP contribution is 2.25. The van der Waals surface area contributed by atoms with Crippen LogP contribution < -0.4 is 5.32 Å². The first-order chi connectivity index (χ1) is 14.6. The molecule has 0 spiro atoms. The number of carbonyl (C=O) groups excluding carboxylic acids is 1. The van der Waals surface area contributed by atoms with E-state index in [2.05, 4.69) is 32.2 Å². The summed E-state index contributed by atoms with van der Waals surface area (Å²) in [6, 6.07) is 17.0. The Balaban J connectivity index is 1.28. The van der Waals surface area contributed by atoms with E-state index in [1.165, 1.54) is 0 Å². The van der Waals surface area contributed by atoms with Crippen LogP contribution in [0, 0.1) is 0 Å². The summed E-state index contributed by atoms with van der Waals surface area (Å²) in [4.78, 5) is 16.8. The Morgan fingerprint density at radius 2 is 1.77 bits per heavy atom. The molecule has 0 bridgehead atoms. The number of piperazine rings is 1. The van der Waals surface area contributed by atoms with Crippen molar-refractivity contribution in [3.8, 4) is 11.5 Å². The van der Waals surface area contributed by atoms with Gasteiger partial charge in [0.05, 0.1) is 23.3 Å². The third kappa shape index (κ3) is 4.87. The van der Waals surface area contributed by atoms with Crippen LogP contribution in [-0.2, 0) is 4.79 Å². The summed E-state index contributed by atoms with van der Waals surface area (Å²) in [7, 11) is 0. The second-order valence-corrected chi connectivity index (χ2v) is 7.73. The van der Waals surface area contributed by atoms with Gasteiger partial charge in [-0.25, -0.2) is 0 Å². The zero-order chi connectivity index (χ0) is 20.9. The molecule has 1 N–H and O–H groups in total. The largest absolute Gasteiger partial charge is 0.419 e. The first-order valence-electron chi connectivity index (χ1n) is 10.00. The van der Waals surface area contributed by atoms with Crippen molar-refractivity contribution in [1.82, 2.24) is 20.0 Å². The Labute approximate surface area is 180 Å². The molecule has 0 saturated carbocycles. The number of rotatable bonds is 6. The molecule has 1 fully saturated rings. The Bertz CT molecular complexity index is 986. The van der Waals surface area contributed by atoms with Gasteiger partial charge in [-0.3, -0.25) is 14.6 Å². The standard InChI is InChI=1S/C22H24ClN5O2/c1-16(21-25-26-22(30-21)17-7-3-2-4-8-17)28-13-11-27(12-14-28)15-20(29)24-19-10-6-5-9-18(19)23/h2-10,16H,11-15H2,1H3,(H,24,29)/t16-/m0/s1. The van der Waals surface area contributed by atoms with Crippen LogP contribution in [0.25, 0.3) is 11.5 Å². The van der Waals surface area contributed by atoms with Crippen LogP contribution in [0.5, 0.6) is 0 Å². The summed E-state index contributed by atoms with van der Waals surface area (Å²) < 4.78 is 5.90. The molecule has 30 heavy (non-hydrogen) atoms. The van der Waals surface area contributed by atoms with Crippen molar-refractivity contribution in [2.45, 2.75) is 13.0 Å². The number of anilines is 1. The SMILES string of the molecule is C[C@@H](c1nnc(-c2ccccc2)o1)N1CCN(CC(=O)Nc2ccccc2Cl)CC1. The van der Waals surface area contributed by atoms with E-state index in [-0.39, 0.29) is 11.9 Å². The molecule has 7 nitrogen and oxygen atoms in total. The van der Waals surface area contributed by atoms with E-state index in [0.717, 1.165) is 31.7 Å². The molecule has 1 amide bonds. The molecule has 1 aliphatic heterocycles. The summed E-state index contributed by atoms with van der Waals surface area (Å²) in [5.41, 5.74) is 1.56. The average molecular weight is 426 g/mol. The molecule has 1 atom stereocenters. The maximum Gasteiger partial charge on any atom is 0.247 e. The quantitative estimate of drug-likeness (QED) is 0.649. The van der Waals surface area contributed by atoms with Crippen LogP contribution in [0.2, 0.25) is 5.02 Å². The van der Waals surface area contributed by atoms with Crippen LogP contribution in [0.15, 0.2) is 59.0 Å². The van der Waals surface area contributed by atoms with Crippen molar-refractivity contribution < 1.29 is 9.21 Å². The van der Waals surface area contributed by atoms with Gasteiger partial charge in [0.15, 0.2) is 0 Å². The normalized spacial score (nSPS) is 16.3. The van der Waals surface area contributed by atoms with Gasteiger partial charge in [-0.1, -0.05) is 41.9 Å². The lowest BCUT2D eigenvalue weighted by Crippen LogP contribution is -2.49. The molecule has 1 saturated heterocycles. The fourth-order valence-corrected chi connectivity index (χ4v) is 3.70. The van der Waals surface area contributed by atoms with Gasteiger partial charge in [0, 0.05) is 31.7 Å². The van der Waals surface area contributed by atoms with Gasteiger partial charge in [0.1, 0.15) is 0 Å². The van der Waals surface area contributed by atoms with Crippen LogP contribution in [-0.4, -0.2) is 58.6 Å². The molecule has 0 aliphatic carbocycles. The molecule has 0 radical (unpaired) electrons. The molecule has 3 aromatic rings. The fraction of sp³-hybridized carbons (Fsp3) is 0.318. The van der Waals surface area contributed by atoms with Gasteiger partial charge in [-0.15, -0.1) is 10.2 Å². The van der Waals surface area contributed by atoms with Crippen molar-refractivity contribution in [2.75, 3.05) is 38.0 Å². The second-order valence-electron chi connectivity index (χ2n) is 7.33. The monoisotopic (exact) mass is 425 g/mol. The number of amides is 1. The molecule has 4 rings (SSSR count). The number of benzene rings is 2. The Kier molecular flexibility index (Phi) is 6.42. The van der Waals surface area contributed by atoms with Crippen LogP contribution in [0.1, 0.15) is 18.9 Å². The number of carbonyl (C=O) groups is 1. The minimum absolute atomic E-state index is 0.0223. The van der Waals surface area contributed by atoms with Gasteiger partial charge >= 0.3 is 0 Å². The lowest BCUT2D eigenvalue weighted by Gasteiger charge is -2.36. The van der Waals surface area contributed by atoms with Crippen LogP contribution in [0.3, 0.4) is 0 Å². The van der Waals surface area contributed by atoms with Gasteiger partial charge in [-0.05, 0) is 31.2 Å². The number of nitrogens with zero attached hydrogens (tertiary/aromatic N) is 4. The van der Waals surface area contributed by atoms with Gasteiger partial charge in [-0.2, -0.15) is 0 Å². The highest BCUT2D eigenvalue weighted by molar-refractivity contribution is 6.33. The summed E-state index contributed by atoms with van der Waals surface area (Å²) in [6.45, 7) is 5.64. The van der Waals surface area contributed by atoms with E-state index < -0.39 is 0 Å². The lowest BCUT2D eigenvalue weighted by molar-refractivity contribution is -0.117. The summed E-state index contributed by atoms with van der Waals surface area (Å²) >= 11 is 6.11. The number of hydrogen-bond donors (Lipinski definition) is 1. The number of para-hydroxylation sites is 1. The number of hydrogen-bond acceptors (Lipinski definition) is 6. The lowest BCUT2D eigenvalue weighted by atomic mass is 10.2. The first kappa shape index (κ1) is 20.5. The molecule has 1 aliphatic rings. The van der Waals surface area contributed by atoms with Crippen molar-refractivity contribution in [3.05, 3.63) is 65.5 Å². The first-order valence-corrected chi connectivity index (χ1v) is 10.4. The molecule has 8 heteroatoms. The van der Waals surface area contributed by atoms with Crippen molar-refractivity contribution in [1.29, 1.82) is 0 Å². The maximum absolute atomic E-state index is 12.3. The van der Waals surface area contributed by atoms with Gasteiger partial charge in [0.25, 0.3) is 0 Å². The third-order valence-electron chi connectivity index (χ3n) is 5.29. The number of nitrogens with one attached hydrogen (secondary N) is 1. The van der Waals surface area contributed by atoms with Gasteiger partial charge < -0.3 is 9.73 Å². The average Bonchev–Trinajstić information content (AvgIpc) is 3.26. The van der Waals surface area contributed by atoms with Crippen LogP contribution in [0.4, 0.5) is 5.69 Å². The van der Waals surface area contributed by atoms with E-state index in [9.17, 15) is 4.79 Å². The molecule has 2 aromatic carbocycles. The topological polar surface area (TPSA) is 74.5 Å². The highest BCUT2D eigenvalue weighted by Gasteiger charge is 2.26. The van der Waals surface area contributed by atoms with E-state index in [1.54, 1.807) is 12.1 Å². The van der Waals surface area contributed by atoms with Crippen LogP contribution >= 0.6 is 11.6 Å². The molecule has 0 unspecified atom stereocenters. The van der Waals surface area contributed by atoms with Gasteiger partial charge in [0.2, 0.25) is 17.7 Å². The van der Waals surface area contributed by atoms with E-state index >= 15 is 0 Å². The second kappa shape index (κ2) is 9.38. The van der Waals surface area contributed by atoms with Crippen molar-refractivity contribution >= 4 is 23.2 Å². The minimum atomic E-state index is -0.0611. The molecule has 2 heterocycles. The number of halogens is 1. The van der Waals surface area contributed by atoms with E-state index in [0.29, 0.717) is 29.0 Å². The Morgan fingerprint density at radius 1 is 1.07 bits per heavy atom. The summed E-state index contributed by atoms with van der Waals surface area (Å²) in [5.74, 6) is 1.08. The summed E-state index contributed by atoms with van der Waals surface area (Å²) in [6.07, 6.45) is 0. The molecule has 1 aromatic heterocycles. The van der Waals surface area contributed by atoms with Crippen molar-refractivity contribution in [3.63, 3.8) is 0 Å². The molecular weight excluding hydrogens is 402 g/mol. The maximum atomic E-state index is 12.3. The Morgan fingerprint density at radius 3 is 2.50 bits per heavy atom. The zero-order valence-corrected chi connectivity index (χ0v) is 17.5. The summed E-state index contributed by atoms with van der Waals surface area (Å²) in [5, 5.41) is 11.8. The molecular formula is C22H24ClN5O2. The fourth-order valence-electron chi connectivity index (χ4n) is 3.52. The smallest absolute Gasteiger partial charge is 0.247 e. The third-order valence-corrected chi connectivity index (χ3v) is 5.62. The predicted molar refractivity (Wildman–Crippen MR) is 116 cm³/mol. The highest BCUT2D eigenvalue weighted by atomic mass is 35.5. The van der Waals surface area contributed by atoms with E-state index in [1.807, 2.05) is 42.5 Å². The predicted octanol–water partition coefficient (Wildman–Crippen LogP) is 3.71. The minimum Gasteiger partial charge on any atom is -0.419 e.